The largest absolute Gasteiger partial charge is 0.357 e. The van der Waals surface area contributed by atoms with Crippen molar-refractivity contribution in [1.82, 2.24) is 0 Å². The highest BCUT2D eigenvalue weighted by molar-refractivity contribution is 4.90. The molecule has 0 fully saturated rings. The lowest BCUT2D eigenvalue weighted by Gasteiger charge is -2.46. The molecule has 0 aromatic rings. The van der Waals surface area contributed by atoms with Crippen molar-refractivity contribution in [3.8, 4) is 0 Å². The minimum atomic E-state index is -0.192. The highest BCUT2D eigenvalue weighted by Crippen LogP contribution is 2.37. The third-order valence-corrected chi connectivity index (χ3v) is 3.10. The molecule has 14 heavy (non-hydrogen) atoms. The lowest BCUT2D eigenvalue weighted by molar-refractivity contribution is -0.167. The van der Waals surface area contributed by atoms with Gasteiger partial charge in [-0.2, -0.15) is 0 Å². The number of rotatable bonds is 5. The summed E-state index contributed by atoms with van der Waals surface area (Å²) in [6.45, 7) is 15.2. The first-order chi connectivity index (χ1) is 6.25. The summed E-state index contributed by atoms with van der Waals surface area (Å²) >= 11 is 0. The lowest BCUT2D eigenvalue weighted by atomic mass is 9.72. The Hall–Kier alpha value is -0.0800. The molecule has 0 aliphatic carbocycles. The van der Waals surface area contributed by atoms with Gasteiger partial charge in [0, 0.05) is 0 Å². The van der Waals surface area contributed by atoms with Crippen molar-refractivity contribution in [3.05, 3.63) is 0 Å². The maximum atomic E-state index is 6.00. The molecule has 0 aromatic carbocycles. The van der Waals surface area contributed by atoms with E-state index in [1.54, 1.807) is 0 Å². The summed E-state index contributed by atoms with van der Waals surface area (Å²) in [5.41, 5.74) is 5.67. The van der Waals surface area contributed by atoms with Crippen LogP contribution in [0.25, 0.3) is 0 Å². The van der Waals surface area contributed by atoms with Gasteiger partial charge in [-0.1, -0.05) is 41.5 Å². The Balaban J connectivity index is 4.95. The molecule has 0 heterocycles. The van der Waals surface area contributed by atoms with Crippen molar-refractivity contribution in [2.75, 3.05) is 0 Å². The first kappa shape index (κ1) is 13.9. The Morgan fingerprint density at radius 3 is 1.14 bits per heavy atom. The van der Waals surface area contributed by atoms with Gasteiger partial charge in [-0.05, 0) is 24.7 Å². The molecular formula is C12H27NO. The van der Waals surface area contributed by atoms with Crippen molar-refractivity contribution in [1.29, 1.82) is 0 Å². The van der Waals surface area contributed by atoms with Crippen LogP contribution in [0.1, 0.15) is 48.5 Å². The van der Waals surface area contributed by atoms with Gasteiger partial charge in [0.05, 0.1) is 5.60 Å². The van der Waals surface area contributed by atoms with E-state index in [2.05, 4.69) is 41.5 Å². The second-order valence-electron chi connectivity index (χ2n) is 5.14. The zero-order valence-electron chi connectivity index (χ0n) is 10.8. The average Bonchev–Trinajstić information content (AvgIpc) is 1.97. The quantitative estimate of drug-likeness (QED) is 0.694. The van der Waals surface area contributed by atoms with E-state index in [0.29, 0.717) is 17.8 Å². The van der Waals surface area contributed by atoms with E-state index in [4.69, 9.17) is 10.5 Å². The lowest BCUT2D eigenvalue weighted by Crippen LogP contribution is -2.51. The molecule has 0 aliphatic rings. The summed E-state index contributed by atoms with van der Waals surface area (Å²) in [6, 6.07) is 0. The molecule has 1 atom stereocenters. The molecule has 2 heteroatoms. The molecule has 0 aromatic heterocycles. The van der Waals surface area contributed by atoms with Crippen molar-refractivity contribution < 1.29 is 4.74 Å². The minimum Gasteiger partial charge on any atom is -0.357 e. The van der Waals surface area contributed by atoms with Crippen LogP contribution in [-0.2, 0) is 4.74 Å². The molecular weight excluding hydrogens is 174 g/mol. The van der Waals surface area contributed by atoms with Gasteiger partial charge in [-0.25, -0.2) is 0 Å². The van der Waals surface area contributed by atoms with E-state index in [1.807, 2.05) is 6.92 Å². The normalized spacial score (nSPS) is 15.6. The molecule has 0 radical (unpaired) electrons. The van der Waals surface area contributed by atoms with Crippen molar-refractivity contribution in [2.24, 2.45) is 23.5 Å². The van der Waals surface area contributed by atoms with Gasteiger partial charge in [0.1, 0.15) is 6.23 Å². The topological polar surface area (TPSA) is 35.2 Å². The predicted molar refractivity (Wildman–Crippen MR) is 62.0 cm³/mol. The summed E-state index contributed by atoms with van der Waals surface area (Å²) in [5.74, 6) is 1.44. The van der Waals surface area contributed by atoms with Gasteiger partial charge in [-0.15, -0.1) is 0 Å². The van der Waals surface area contributed by atoms with Crippen LogP contribution >= 0.6 is 0 Å². The zero-order valence-corrected chi connectivity index (χ0v) is 10.8. The highest BCUT2D eigenvalue weighted by Gasteiger charge is 2.42. The number of hydrogen-bond acceptors (Lipinski definition) is 2. The maximum absolute atomic E-state index is 6.00. The van der Waals surface area contributed by atoms with Gasteiger partial charge >= 0.3 is 0 Å². The smallest absolute Gasteiger partial charge is 0.103 e. The Labute approximate surface area is 89.2 Å². The molecule has 0 spiro atoms. The fourth-order valence-corrected chi connectivity index (χ4v) is 2.73. The van der Waals surface area contributed by atoms with E-state index in [-0.39, 0.29) is 11.8 Å². The molecule has 0 saturated heterocycles. The number of hydrogen-bond donors (Lipinski definition) is 1. The number of ether oxygens (including phenoxy) is 1. The third-order valence-electron chi connectivity index (χ3n) is 3.10. The SMILES string of the molecule is CC(N)OC(C(C)C)(C(C)C)C(C)C. The van der Waals surface area contributed by atoms with E-state index >= 15 is 0 Å². The zero-order chi connectivity index (χ0) is 11.5. The van der Waals surface area contributed by atoms with Gasteiger partial charge in [0.2, 0.25) is 0 Å². The van der Waals surface area contributed by atoms with Crippen LogP contribution in [0.3, 0.4) is 0 Å². The molecule has 0 rings (SSSR count). The van der Waals surface area contributed by atoms with E-state index in [1.165, 1.54) is 0 Å². The van der Waals surface area contributed by atoms with Crippen molar-refractivity contribution >= 4 is 0 Å². The monoisotopic (exact) mass is 201 g/mol. The standard InChI is InChI=1S/C12H27NO/c1-8(2)12(9(3)4,10(5)6)14-11(7)13/h8-11H,13H2,1-7H3. The molecule has 86 valence electrons. The fraction of sp³-hybridized carbons (Fsp3) is 1.00. The van der Waals surface area contributed by atoms with Crippen LogP contribution in [0, 0.1) is 17.8 Å². The molecule has 1 unspecified atom stereocenters. The van der Waals surface area contributed by atoms with Crippen LogP contribution in [0.2, 0.25) is 0 Å². The predicted octanol–water partition coefficient (Wildman–Crippen LogP) is 3.01. The van der Waals surface area contributed by atoms with E-state index in [9.17, 15) is 0 Å². The van der Waals surface area contributed by atoms with Crippen molar-refractivity contribution in [3.63, 3.8) is 0 Å². The Bertz CT molecular complexity index is 140. The van der Waals surface area contributed by atoms with Crippen LogP contribution in [-0.4, -0.2) is 11.8 Å². The minimum absolute atomic E-state index is 0.103. The first-order valence-corrected chi connectivity index (χ1v) is 5.68. The Morgan fingerprint density at radius 1 is 0.786 bits per heavy atom. The highest BCUT2D eigenvalue weighted by atomic mass is 16.5. The molecule has 0 saturated carbocycles. The first-order valence-electron chi connectivity index (χ1n) is 5.68. The van der Waals surface area contributed by atoms with Crippen LogP contribution in [0.15, 0.2) is 0 Å². The van der Waals surface area contributed by atoms with Gasteiger partial charge < -0.3 is 10.5 Å². The molecule has 0 bridgehead atoms. The van der Waals surface area contributed by atoms with Gasteiger partial charge in [-0.3, -0.25) is 0 Å². The second kappa shape index (κ2) is 5.13. The average molecular weight is 201 g/mol. The van der Waals surface area contributed by atoms with Crippen LogP contribution in [0.5, 0.6) is 0 Å². The summed E-state index contributed by atoms with van der Waals surface area (Å²) in [5, 5.41) is 0. The molecule has 2 nitrogen and oxygen atoms in total. The summed E-state index contributed by atoms with van der Waals surface area (Å²) in [7, 11) is 0. The number of nitrogens with two attached hydrogens (primary N) is 1. The molecule has 0 amide bonds. The van der Waals surface area contributed by atoms with Gasteiger partial charge in [0.25, 0.3) is 0 Å². The summed E-state index contributed by atoms with van der Waals surface area (Å²) < 4.78 is 6.00. The van der Waals surface area contributed by atoms with Crippen LogP contribution < -0.4 is 5.73 Å². The molecule has 0 aliphatic heterocycles. The van der Waals surface area contributed by atoms with Crippen molar-refractivity contribution in [2.45, 2.75) is 60.3 Å². The summed E-state index contributed by atoms with van der Waals surface area (Å²) in [6.07, 6.45) is -0.192. The van der Waals surface area contributed by atoms with E-state index < -0.39 is 0 Å². The summed E-state index contributed by atoms with van der Waals surface area (Å²) in [4.78, 5) is 0. The maximum Gasteiger partial charge on any atom is 0.103 e. The fourth-order valence-electron chi connectivity index (χ4n) is 2.73. The van der Waals surface area contributed by atoms with Gasteiger partial charge in [0.15, 0.2) is 0 Å². The Morgan fingerprint density at radius 2 is 1.07 bits per heavy atom. The van der Waals surface area contributed by atoms with Crippen LogP contribution in [0.4, 0.5) is 0 Å². The van der Waals surface area contributed by atoms with E-state index in [0.717, 1.165) is 0 Å². The third kappa shape index (κ3) is 2.71. The Kier molecular flexibility index (Phi) is 5.10. The second-order valence-corrected chi connectivity index (χ2v) is 5.14. The molecule has 2 N–H and O–H groups in total.